The highest BCUT2D eigenvalue weighted by Crippen LogP contribution is 2.34. The number of likely N-dealkylation sites (N-methyl/N-ethyl adjacent to an activating group) is 1. The number of fused-ring (bicyclic) bond motifs is 1. The first-order valence-electron chi connectivity index (χ1n) is 6.72. The van der Waals surface area contributed by atoms with Crippen LogP contribution in [-0.2, 0) is 12.8 Å². The SMILES string of the molecule is C=C(C)C(NCC)c1cc2c(s1)CCCCC2. The number of rotatable bonds is 4. The summed E-state index contributed by atoms with van der Waals surface area (Å²) in [7, 11) is 0. The first-order valence-corrected chi connectivity index (χ1v) is 7.54. The lowest BCUT2D eigenvalue weighted by Crippen LogP contribution is -2.20. The van der Waals surface area contributed by atoms with E-state index in [0.717, 1.165) is 6.54 Å². The molecule has 0 aromatic carbocycles. The quantitative estimate of drug-likeness (QED) is 0.621. The molecule has 1 aromatic rings. The molecule has 1 aromatic heterocycles. The van der Waals surface area contributed by atoms with Crippen LogP contribution in [0.1, 0.15) is 54.5 Å². The molecule has 1 atom stereocenters. The van der Waals surface area contributed by atoms with Crippen LogP contribution in [0.15, 0.2) is 18.2 Å². The summed E-state index contributed by atoms with van der Waals surface area (Å²) in [6.07, 6.45) is 6.69. The van der Waals surface area contributed by atoms with Crippen molar-refractivity contribution in [2.45, 2.75) is 52.0 Å². The Balaban J connectivity index is 2.23. The minimum atomic E-state index is 0.358. The van der Waals surface area contributed by atoms with E-state index in [-0.39, 0.29) is 0 Å². The van der Waals surface area contributed by atoms with E-state index >= 15 is 0 Å². The predicted octanol–water partition coefficient (Wildman–Crippen LogP) is 4.24. The van der Waals surface area contributed by atoms with Crippen LogP contribution in [0.2, 0.25) is 0 Å². The Labute approximate surface area is 109 Å². The molecule has 0 saturated heterocycles. The Morgan fingerprint density at radius 1 is 1.41 bits per heavy atom. The lowest BCUT2D eigenvalue weighted by atomic mass is 10.1. The molecule has 2 heteroatoms. The molecule has 0 radical (unpaired) electrons. The fourth-order valence-electron chi connectivity index (χ4n) is 2.55. The number of thiophene rings is 1. The molecule has 1 unspecified atom stereocenters. The van der Waals surface area contributed by atoms with E-state index in [0.29, 0.717) is 6.04 Å². The van der Waals surface area contributed by atoms with E-state index in [1.165, 1.54) is 42.6 Å². The lowest BCUT2D eigenvalue weighted by Gasteiger charge is -2.16. The van der Waals surface area contributed by atoms with Gasteiger partial charge in [0.1, 0.15) is 0 Å². The van der Waals surface area contributed by atoms with E-state index in [2.05, 4.69) is 31.8 Å². The van der Waals surface area contributed by atoms with Gasteiger partial charge in [-0.1, -0.05) is 25.5 Å². The second-order valence-corrected chi connectivity index (χ2v) is 6.16. The van der Waals surface area contributed by atoms with Crippen molar-refractivity contribution in [1.82, 2.24) is 5.32 Å². The standard InChI is InChI=1S/C15H23NS/c1-4-16-15(11(2)3)14-10-12-8-6-5-7-9-13(12)17-14/h10,15-16H,2,4-9H2,1,3H3. The third kappa shape index (κ3) is 2.99. The molecule has 0 bridgehead atoms. The van der Waals surface area contributed by atoms with Gasteiger partial charge in [-0.05, 0) is 50.8 Å². The van der Waals surface area contributed by atoms with Gasteiger partial charge in [0.15, 0.2) is 0 Å². The maximum absolute atomic E-state index is 4.12. The minimum absolute atomic E-state index is 0.358. The highest BCUT2D eigenvalue weighted by atomic mass is 32.1. The van der Waals surface area contributed by atoms with Gasteiger partial charge >= 0.3 is 0 Å². The highest BCUT2D eigenvalue weighted by molar-refractivity contribution is 7.12. The van der Waals surface area contributed by atoms with E-state index in [1.54, 1.807) is 10.4 Å². The average Bonchev–Trinajstić information content (AvgIpc) is 2.56. The van der Waals surface area contributed by atoms with Crippen LogP contribution >= 0.6 is 11.3 Å². The zero-order valence-electron chi connectivity index (χ0n) is 11.0. The van der Waals surface area contributed by atoms with Gasteiger partial charge in [-0.25, -0.2) is 0 Å². The summed E-state index contributed by atoms with van der Waals surface area (Å²) >= 11 is 2.00. The maximum atomic E-state index is 4.12. The monoisotopic (exact) mass is 249 g/mol. The van der Waals surface area contributed by atoms with E-state index in [9.17, 15) is 0 Å². The normalized spacial score (nSPS) is 17.3. The first-order chi connectivity index (χ1) is 8.22. The molecule has 0 spiro atoms. The Hall–Kier alpha value is -0.600. The zero-order valence-corrected chi connectivity index (χ0v) is 11.8. The Morgan fingerprint density at radius 3 is 2.88 bits per heavy atom. The second kappa shape index (κ2) is 5.83. The molecule has 0 amide bonds. The van der Waals surface area contributed by atoms with Crippen LogP contribution in [0, 0.1) is 0 Å². The van der Waals surface area contributed by atoms with Crippen molar-refractivity contribution in [3.63, 3.8) is 0 Å². The number of hydrogen-bond donors (Lipinski definition) is 1. The Morgan fingerprint density at radius 2 is 2.18 bits per heavy atom. The van der Waals surface area contributed by atoms with Crippen molar-refractivity contribution >= 4 is 11.3 Å². The van der Waals surface area contributed by atoms with Gasteiger partial charge in [0.05, 0.1) is 6.04 Å². The molecule has 1 N–H and O–H groups in total. The summed E-state index contributed by atoms with van der Waals surface area (Å²) in [5, 5.41) is 3.53. The topological polar surface area (TPSA) is 12.0 Å². The Bertz CT molecular complexity index is 368. The summed E-state index contributed by atoms with van der Waals surface area (Å²) in [5.74, 6) is 0. The van der Waals surface area contributed by atoms with Crippen molar-refractivity contribution in [2.24, 2.45) is 0 Å². The van der Waals surface area contributed by atoms with Gasteiger partial charge in [0.2, 0.25) is 0 Å². The van der Waals surface area contributed by atoms with E-state index < -0.39 is 0 Å². The fourth-order valence-corrected chi connectivity index (χ4v) is 3.98. The molecule has 1 nitrogen and oxygen atoms in total. The van der Waals surface area contributed by atoms with Crippen molar-refractivity contribution in [1.29, 1.82) is 0 Å². The Kier molecular flexibility index (Phi) is 4.41. The average molecular weight is 249 g/mol. The molecule has 1 aliphatic rings. The van der Waals surface area contributed by atoms with Crippen molar-refractivity contribution in [3.8, 4) is 0 Å². The molecule has 94 valence electrons. The molecule has 0 fully saturated rings. The van der Waals surface area contributed by atoms with Crippen molar-refractivity contribution in [3.05, 3.63) is 33.5 Å². The summed E-state index contributed by atoms with van der Waals surface area (Å²) in [6.45, 7) is 9.40. The van der Waals surface area contributed by atoms with Gasteiger partial charge in [0.25, 0.3) is 0 Å². The van der Waals surface area contributed by atoms with Crippen LogP contribution in [0.25, 0.3) is 0 Å². The summed E-state index contributed by atoms with van der Waals surface area (Å²) in [5.41, 5.74) is 2.83. The summed E-state index contributed by atoms with van der Waals surface area (Å²) in [6, 6.07) is 2.78. The third-order valence-electron chi connectivity index (χ3n) is 3.45. The zero-order chi connectivity index (χ0) is 12.3. The van der Waals surface area contributed by atoms with Crippen LogP contribution < -0.4 is 5.32 Å². The molecule has 17 heavy (non-hydrogen) atoms. The summed E-state index contributed by atoms with van der Waals surface area (Å²) < 4.78 is 0. The van der Waals surface area contributed by atoms with Crippen LogP contribution in [0.3, 0.4) is 0 Å². The molecular formula is C15H23NS. The molecule has 1 aliphatic carbocycles. The third-order valence-corrected chi connectivity index (χ3v) is 4.75. The van der Waals surface area contributed by atoms with Crippen LogP contribution in [0.4, 0.5) is 0 Å². The van der Waals surface area contributed by atoms with E-state index in [1.807, 2.05) is 11.3 Å². The smallest absolute Gasteiger partial charge is 0.0625 e. The fraction of sp³-hybridized carbons (Fsp3) is 0.600. The van der Waals surface area contributed by atoms with Gasteiger partial charge in [-0.3, -0.25) is 0 Å². The van der Waals surface area contributed by atoms with Gasteiger partial charge in [-0.2, -0.15) is 0 Å². The largest absolute Gasteiger partial charge is 0.306 e. The van der Waals surface area contributed by atoms with E-state index in [4.69, 9.17) is 0 Å². The van der Waals surface area contributed by atoms with Crippen molar-refractivity contribution < 1.29 is 0 Å². The molecule has 0 aliphatic heterocycles. The van der Waals surface area contributed by atoms with Crippen LogP contribution in [0.5, 0.6) is 0 Å². The van der Waals surface area contributed by atoms with Gasteiger partial charge < -0.3 is 5.32 Å². The minimum Gasteiger partial charge on any atom is -0.306 e. The predicted molar refractivity (Wildman–Crippen MR) is 76.8 cm³/mol. The molecule has 1 heterocycles. The molecule has 2 rings (SSSR count). The second-order valence-electron chi connectivity index (χ2n) is 4.99. The maximum Gasteiger partial charge on any atom is 0.0625 e. The number of hydrogen-bond acceptors (Lipinski definition) is 2. The van der Waals surface area contributed by atoms with Crippen molar-refractivity contribution in [2.75, 3.05) is 6.54 Å². The molecule has 0 saturated carbocycles. The van der Waals surface area contributed by atoms with Crippen LogP contribution in [-0.4, -0.2) is 6.54 Å². The van der Waals surface area contributed by atoms with Gasteiger partial charge in [0, 0.05) is 9.75 Å². The number of nitrogens with one attached hydrogen (secondary N) is 1. The lowest BCUT2D eigenvalue weighted by molar-refractivity contribution is 0.629. The van der Waals surface area contributed by atoms with Gasteiger partial charge in [-0.15, -0.1) is 11.3 Å². The highest BCUT2D eigenvalue weighted by Gasteiger charge is 2.18. The number of aryl methyl sites for hydroxylation is 2. The molecular weight excluding hydrogens is 226 g/mol. The summed E-state index contributed by atoms with van der Waals surface area (Å²) in [4.78, 5) is 3.09. The first kappa shape index (κ1) is 12.8.